The number of hydrogen-bond acceptors (Lipinski definition) is 7. The molecule has 2 aromatic rings. The predicted molar refractivity (Wildman–Crippen MR) is 131 cm³/mol. The van der Waals surface area contributed by atoms with E-state index in [9.17, 15) is 14.7 Å². The van der Waals surface area contributed by atoms with Crippen molar-refractivity contribution in [1.82, 2.24) is 20.0 Å². The average molecular weight is 501 g/mol. The Balaban J connectivity index is 1.17. The first-order valence-electron chi connectivity index (χ1n) is 12.6. The summed E-state index contributed by atoms with van der Waals surface area (Å²) in [4.78, 5) is 28.9. The first-order valence-corrected chi connectivity index (χ1v) is 12.6. The topological polar surface area (TPSA) is 103 Å². The van der Waals surface area contributed by atoms with Gasteiger partial charge in [-0.05, 0) is 44.1 Å². The zero-order valence-corrected chi connectivity index (χ0v) is 20.5. The van der Waals surface area contributed by atoms with Crippen molar-refractivity contribution >= 4 is 23.4 Å². The van der Waals surface area contributed by atoms with Gasteiger partial charge in [0.2, 0.25) is 5.91 Å². The molecule has 0 spiro atoms. The summed E-state index contributed by atoms with van der Waals surface area (Å²) in [5, 5.41) is 17.8. The number of rotatable bonds is 8. The van der Waals surface area contributed by atoms with Gasteiger partial charge in [0, 0.05) is 31.8 Å². The number of piperidine rings is 1. The third-order valence-electron chi connectivity index (χ3n) is 6.98. The summed E-state index contributed by atoms with van der Waals surface area (Å²) in [6, 6.07) is 4.71. The zero-order valence-electron chi connectivity index (χ0n) is 20.5. The lowest BCUT2D eigenvalue weighted by Gasteiger charge is -2.28. The smallest absolute Gasteiger partial charge is 0.414 e. The highest BCUT2D eigenvalue weighted by atomic mass is 19.1. The van der Waals surface area contributed by atoms with Crippen LogP contribution in [0.3, 0.4) is 0 Å². The highest BCUT2D eigenvalue weighted by Crippen LogP contribution is 2.32. The third kappa shape index (κ3) is 5.46. The maximum Gasteiger partial charge on any atom is 0.414 e. The number of aliphatic hydroxyl groups is 1. The minimum Gasteiger partial charge on any atom is -0.442 e. The van der Waals surface area contributed by atoms with Gasteiger partial charge in [-0.1, -0.05) is 6.42 Å². The zero-order chi connectivity index (χ0) is 25.2. The SMILES string of the molecule is CC(=O)NC[C@H]1CN(c2ccc(N3Cc4cn(CC(O)CN5CCCCC5)nc4C3)c(F)c2)C(=O)O1. The second-order valence-electron chi connectivity index (χ2n) is 9.88. The van der Waals surface area contributed by atoms with Gasteiger partial charge in [0.15, 0.2) is 0 Å². The number of carbonyl (C=O) groups excluding carboxylic acids is 2. The Bertz CT molecular complexity index is 1090. The maximum atomic E-state index is 15.1. The number of likely N-dealkylation sites (tertiary alicyclic amines) is 1. The van der Waals surface area contributed by atoms with Crippen LogP contribution in [0.15, 0.2) is 24.4 Å². The van der Waals surface area contributed by atoms with Crippen molar-refractivity contribution in [2.24, 2.45) is 0 Å². The molecule has 3 aliphatic heterocycles. The van der Waals surface area contributed by atoms with Crippen LogP contribution in [0.5, 0.6) is 0 Å². The van der Waals surface area contributed by atoms with Gasteiger partial charge in [0.05, 0.1) is 49.4 Å². The number of amides is 2. The summed E-state index contributed by atoms with van der Waals surface area (Å²) in [7, 11) is 0. The van der Waals surface area contributed by atoms with Gasteiger partial charge in [-0.25, -0.2) is 9.18 Å². The fourth-order valence-electron chi connectivity index (χ4n) is 5.20. The molecule has 1 unspecified atom stereocenters. The molecule has 0 saturated carbocycles. The van der Waals surface area contributed by atoms with Crippen molar-refractivity contribution in [3.8, 4) is 0 Å². The summed E-state index contributed by atoms with van der Waals surface area (Å²) < 4.78 is 22.2. The molecule has 3 aliphatic rings. The first-order chi connectivity index (χ1) is 17.4. The van der Waals surface area contributed by atoms with Crippen LogP contribution in [-0.4, -0.2) is 76.7 Å². The van der Waals surface area contributed by atoms with Crippen LogP contribution in [0.2, 0.25) is 0 Å². The number of β-amino-alcohol motifs (C(OH)–C–C–N with tert-alkyl or cyclic N) is 1. The molecule has 2 saturated heterocycles. The number of halogens is 1. The number of ether oxygens (including phenoxy) is 1. The molecule has 0 aliphatic carbocycles. The lowest BCUT2D eigenvalue weighted by molar-refractivity contribution is -0.119. The van der Waals surface area contributed by atoms with Crippen molar-refractivity contribution in [3.05, 3.63) is 41.5 Å². The molecule has 0 bridgehead atoms. The van der Waals surface area contributed by atoms with E-state index >= 15 is 4.39 Å². The third-order valence-corrected chi connectivity index (χ3v) is 6.98. The van der Waals surface area contributed by atoms with E-state index in [-0.39, 0.29) is 19.0 Å². The molecular weight excluding hydrogens is 467 g/mol. The number of nitrogens with one attached hydrogen (secondary N) is 1. The second-order valence-corrected chi connectivity index (χ2v) is 9.88. The largest absolute Gasteiger partial charge is 0.442 e. The molecule has 1 aromatic carbocycles. The predicted octanol–water partition coefficient (Wildman–Crippen LogP) is 1.85. The lowest BCUT2D eigenvalue weighted by Crippen LogP contribution is -2.38. The number of anilines is 2. The minimum atomic E-state index is -0.560. The Hall–Kier alpha value is -3.18. The second kappa shape index (κ2) is 10.4. The lowest BCUT2D eigenvalue weighted by atomic mass is 10.1. The molecule has 4 heterocycles. The highest BCUT2D eigenvalue weighted by Gasteiger charge is 2.33. The van der Waals surface area contributed by atoms with Crippen LogP contribution in [0.25, 0.3) is 0 Å². The van der Waals surface area contributed by atoms with E-state index in [1.165, 1.54) is 37.2 Å². The molecule has 194 valence electrons. The first kappa shape index (κ1) is 24.5. The molecule has 11 heteroatoms. The van der Waals surface area contributed by atoms with E-state index in [4.69, 9.17) is 4.74 Å². The molecule has 0 radical (unpaired) electrons. The number of benzene rings is 1. The minimum absolute atomic E-state index is 0.202. The fourth-order valence-corrected chi connectivity index (χ4v) is 5.20. The van der Waals surface area contributed by atoms with Crippen LogP contribution >= 0.6 is 0 Å². The van der Waals surface area contributed by atoms with Crippen molar-refractivity contribution < 1.29 is 23.8 Å². The van der Waals surface area contributed by atoms with Crippen molar-refractivity contribution in [2.75, 3.05) is 42.5 Å². The molecule has 1 aromatic heterocycles. The van der Waals surface area contributed by atoms with Crippen molar-refractivity contribution in [3.63, 3.8) is 0 Å². The van der Waals surface area contributed by atoms with Crippen LogP contribution in [-0.2, 0) is 29.2 Å². The van der Waals surface area contributed by atoms with E-state index in [1.807, 2.05) is 11.1 Å². The molecule has 2 amide bonds. The van der Waals surface area contributed by atoms with E-state index in [1.54, 1.807) is 16.8 Å². The van der Waals surface area contributed by atoms with Gasteiger partial charge in [-0.15, -0.1) is 0 Å². The monoisotopic (exact) mass is 500 g/mol. The van der Waals surface area contributed by atoms with E-state index in [0.29, 0.717) is 37.6 Å². The molecule has 2 atom stereocenters. The van der Waals surface area contributed by atoms with Crippen molar-refractivity contribution in [2.45, 2.75) is 58.0 Å². The summed E-state index contributed by atoms with van der Waals surface area (Å²) >= 11 is 0. The van der Waals surface area contributed by atoms with Gasteiger partial charge < -0.3 is 25.0 Å². The molecule has 5 rings (SSSR count). The van der Waals surface area contributed by atoms with Crippen LogP contribution in [0.1, 0.15) is 37.4 Å². The van der Waals surface area contributed by atoms with Crippen molar-refractivity contribution in [1.29, 1.82) is 0 Å². The number of nitrogens with zero attached hydrogens (tertiary/aromatic N) is 5. The van der Waals surface area contributed by atoms with Gasteiger partial charge in [-0.3, -0.25) is 14.4 Å². The molecule has 10 nitrogen and oxygen atoms in total. The number of aliphatic hydroxyl groups excluding tert-OH is 1. The normalized spacial score (nSPS) is 21.0. The quantitative estimate of drug-likeness (QED) is 0.570. The van der Waals surface area contributed by atoms with E-state index in [2.05, 4.69) is 15.3 Å². The standard InChI is InChI=1S/C25H33FN6O4/c1-17(33)27-10-21-15-32(25(35)36-21)19-5-6-24(22(26)9-19)30-11-18-12-31(28-23(18)16-30)14-20(34)13-29-7-3-2-4-8-29/h5-6,9,12,20-21,34H,2-4,7-8,10-11,13-16H2,1H3,(H,27,33)/t20?,21-/m0/s1. The molecule has 2 fully saturated rings. The molecule has 2 N–H and O–H groups in total. The Kier molecular flexibility index (Phi) is 7.10. The Morgan fingerprint density at radius 3 is 2.78 bits per heavy atom. The summed E-state index contributed by atoms with van der Waals surface area (Å²) in [5.74, 6) is -0.632. The van der Waals surface area contributed by atoms with Crippen LogP contribution in [0, 0.1) is 5.82 Å². The van der Waals surface area contributed by atoms with Gasteiger partial charge in [0.25, 0.3) is 0 Å². The number of carbonyl (C=O) groups is 2. The summed E-state index contributed by atoms with van der Waals surface area (Å²) in [5.41, 5.74) is 2.76. The Labute approximate surface area is 209 Å². The maximum absolute atomic E-state index is 15.1. The molecular formula is C25H33FN6O4. The van der Waals surface area contributed by atoms with Gasteiger partial charge >= 0.3 is 6.09 Å². The van der Waals surface area contributed by atoms with Gasteiger partial charge in [-0.2, -0.15) is 5.10 Å². The van der Waals surface area contributed by atoms with Gasteiger partial charge in [0.1, 0.15) is 11.9 Å². The summed E-state index contributed by atoms with van der Waals surface area (Å²) in [6.45, 7) is 6.05. The number of cyclic esters (lactones) is 1. The number of aromatic nitrogens is 2. The fraction of sp³-hybridized carbons (Fsp3) is 0.560. The summed E-state index contributed by atoms with van der Waals surface area (Å²) in [6.07, 6.45) is 4.08. The average Bonchev–Trinajstić information content (AvgIpc) is 3.51. The Morgan fingerprint density at radius 1 is 1.25 bits per heavy atom. The van der Waals surface area contributed by atoms with Crippen LogP contribution < -0.4 is 15.1 Å². The van der Waals surface area contributed by atoms with E-state index in [0.717, 1.165) is 24.3 Å². The molecule has 36 heavy (non-hydrogen) atoms. The van der Waals surface area contributed by atoms with Crippen LogP contribution in [0.4, 0.5) is 20.6 Å². The highest BCUT2D eigenvalue weighted by molar-refractivity contribution is 5.90. The number of fused-ring (bicyclic) bond motifs is 1. The number of hydrogen-bond donors (Lipinski definition) is 2. The van der Waals surface area contributed by atoms with E-state index < -0.39 is 24.1 Å². The Morgan fingerprint density at radius 2 is 2.06 bits per heavy atom.